The lowest BCUT2D eigenvalue weighted by Crippen LogP contribution is -2.27. The Morgan fingerprint density at radius 1 is 1.33 bits per heavy atom. The molecule has 0 spiro atoms. The third-order valence-electron chi connectivity index (χ3n) is 3.39. The van der Waals surface area contributed by atoms with Crippen molar-refractivity contribution in [2.45, 2.75) is 45.6 Å². The number of nitrogen functional groups attached to an aromatic ring is 1. The van der Waals surface area contributed by atoms with E-state index in [1.165, 1.54) is 25.7 Å². The number of hydrogen-bond acceptors (Lipinski definition) is 3. The fourth-order valence-corrected chi connectivity index (χ4v) is 2.28. The van der Waals surface area contributed by atoms with E-state index in [1.807, 2.05) is 19.1 Å². The molecule has 18 heavy (non-hydrogen) atoms. The summed E-state index contributed by atoms with van der Waals surface area (Å²) in [6.45, 7) is 5.97. The zero-order valence-electron chi connectivity index (χ0n) is 11.5. The highest BCUT2D eigenvalue weighted by Crippen LogP contribution is 2.38. The van der Waals surface area contributed by atoms with Crippen LogP contribution in [0, 0.1) is 0 Å². The molecule has 1 fully saturated rings. The van der Waals surface area contributed by atoms with Gasteiger partial charge in [-0.05, 0) is 38.3 Å². The molecule has 0 unspecified atom stereocenters. The van der Waals surface area contributed by atoms with Crippen LogP contribution in [0.3, 0.4) is 0 Å². The Kier molecular flexibility index (Phi) is 4.34. The normalized spacial score (nSPS) is 14.6. The van der Waals surface area contributed by atoms with Gasteiger partial charge in [-0.1, -0.05) is 19.4 Å². The molecular formula is C15H24N2O. The summed E-state index contributed by atoms with van der Waals surface area (Å²) in [6, 6.07) is 6.80. The summed E-state index contributed by atoms with van der Waals surface area (Å²) in [4.78, 5) is 2.46. The van der Waals surface area contributed by atoms with Crippen molar-refractivity contribution in [3.05, 3.63) is 18.2 Å². The average Bonchev–Trinajstić information content (AvgIpc) is 3.19. The van der Waals surface area contributed by atoms with Crippen molar-refractivity contribution < 1.29 is 4.74 Å². The molecule has 100 valence electrons. The van der Waals surface area contributed by atoms with Crippen LogP contribution in [-0.2, 0) is 0 Å². The average molecular weight is 248 g/mol. The Bertz CT molecular complexity index is 388. The van der Waals surface area contributed by atoms with Crippen molar-refractivity contribution in [3.63, 3.8) is 0 Å². The first-order valence-electron chi connectivity index (χ1n) is 7.05. The van der Waals surface area contributed by atoms with Gasteiger partial charge in [0, 0.05) is 12.6 Å². The molecule has 1 aromatic carbocycles. The Hall–Kier alpha value is -1.38. The maximum absolute atomic E-state index is 6.24. The van der Waals surface area contributed by atoms with E-state index in [4.69, 9.17) is 10.5 Å². The van der Waals surface area contributed by atoms with E-state index in [2.05, 4.69) is 17.9 Å². The van der Waals surface area contributed by atoms with Gasteiger partial charge in [-0.2, -0.15) is 0 Å². The first kappa shape index (κ1) is 13.1. The van der Waals surface area contributed by atoms with Crippen LogP contribution >= 0.6 is 0 Å². The highest BCUT2D eigenvalue weighted by molar-refractivity contribution is 5.74. The van der Waals surface area contributed by atoms with Gasteiger partial charge in [0.2, 0.25) is 0 Å². The predicted octanol–water partition coefficient (Wildman–Crippen LogP) is 3.44. The van der Waals surface area contributed by atoms with Gasteiger partial charge in [0.1, 0.15) is 5.75 Å². The van der Waals surface area contributed by atoms with Crippen molar-refractivity contribution in [2.24, 2.45) is 0 Å². The second kappa shape index (κ2) is 5.98. The summed E-state index contributed by atoms with van der Waals surface area (Å²) in [6.07, 6.45) is 5.02. The van der Waals surface area contributed by atoms with E-state index in [1.54, 1.807) is 0 Å². The Balaban J connectivity index is 2.20. The van der Waals surface area contributed by atoms with Gasteiger partial charge in [0.15, 0.2) is 0 Å². The summed E-state index contributed by atoms with van der Waals surface area (Å²) in [7, 11) is 0. The van der Waals surface area contributed by atoms with E-state index < -0.39 is 0 Å². The minimum absolute atomic E-state index is 0.659. The fraction of sp³-hybridized carbons (Fsp3) is 0.600. The Labute approximate surface area is 110 Å². The summed E-state index contributed by atoms with van der Waals surface area (Å²) in [5.41, 5.74) is 8.18. The van der Waals surface area contributed by atoms with Crippen LogP contribution in [0.5, 0.6) is 5.75 Å². The number of para-hydroxylation sites is 1. The number of unbranched alkanes of at least 4 members (excludes halogenated alkanes) is 1. The van der Waals surface area contributed by atoms with Gasteiger partial charge in [-0.3, -0.25) is 0 Å². The molecule has 0 aromatic heterocycles. The molecule has 1 aromatic rings. The molecule has 0 saturated heterocycles. The SMILES string of the molecule is CCCCN(c1cccc(OCC)c1N)C1CC1. The number of ether oxygens (including phenoxy) is 1. The molecule has 0 heterocycles. The molecule has 0 radical (unpaired) electrons. The number of anilines is 2. The molecule has 2 rings (SSSR count). The van der Waals surface area contributed by atoms with Gasteiger partial charge < -0.3 is 15.4 Å². The molecule has 3 heteroatoms. The van der Waals surface area contributed by atoms with Crippen molar-refractivity contribution in [3.8, 4) is 5.75 Å². The van der Waals surface area contributed by atoms with Crippen LogP contribution in [0.25, 0.3) is 0 Å². The maximum Gasteiger partial charge on any atom is 0.144 e. The third-order valence-corrected chi connectivity index (χ3v) is 3.39. The lowest BCUT2D eigenvalue weighted by molar-refractivity contribution is 0.342. The van der Waals surface area contributed by atoms with Crippen molar-refractivity contribution in [2.75, 3.05) is 23.8 Å². The quantitative estimate of drug-likeness (QED) is 0.751. The minimum Gasteiger partial charge on any atom is -0.492 e. The number of nitrogens with zero attached hydrogens (tertiary/aromatic N) is 1. The van der Waals surface area contributed by atoms with E-state index in [9.17, 15) is 0 Å². The molecule has 1 saturated carbocycles. The molecule has 3 nitrogen and oxygen atoms in total. The lowest BCUT2D eigenvalue weighted by Gasteiger charge is -2.26. The number of rotatable bonds is 7. The molecule has 0 aliphatic heterocycles. The van der Waals surface area contributed by atoms with Gasteiger partial charge in [0.05, 0.1) is 18.0 Å². The van der Waals surface area contributed by atoms with E-state index in [-0.39, 0.29) is 0 Å². The topological polar surface area (TPSA) is 38.5 Å². The summed E-state index contributed by atoms with van der Waals surface area (Å²) in [5, 5.41) is 0. The van der Waals surface area contributed by atoms with Crippen LogP contribution in [-0.4, -0.2) is 19.2 Å². The number of nitrogens with two attached hydrogens (primary N) is 1. The highest BCUT2D eigenvalue weighted by atomic mass is 16.5. The van der Waals surface area contributed by atoms with E-state index in [0.717, 1.165) is 23.7 Å². The lowest BCUT2D eigenvalue weighted by atomic mass is 10.2. The maximum atomic E-state index is 6.24. The van der Waals surface area contributed by atoms with Gasteiger partial charge in [-0.25, -0.2) is 0 Å². The second-order valence-electron chi connectivity index (χ2n) is 4.90. The zero-order valence-corrected chi connectivity index (χ0v) is 11.5. The molecule has 0 bridgehead atoms. The van der Waals surface area contributed by atoms with Crippen LogP contribution in [0.1, 0.15) is 39.5 Å². The van der Waals surface area contributed by atoms with Gasteiger partial charge >= 0.3 is 0 Å². The zero-order chi connectivity index (χ0) is 13.0. The third kappa shape index (κ3) is 2.89. The number of benzene rings is 1. The molecule has 0 amide bonds. The van der Waals surface area contributed by atoms with E-state index >= 15 is 0 Å². The van der Waals surface area contributed by atoms with Crippen molar-refractivity contribution in [1.82, 2.24) is 0 Å². The van der Waals surface area contributed by atoms with Crippen molar-refractivity contribution in [1.29, 1.82) is 0 Å². The first-order chi connectivity index (χ1) is 8.77. The van der Waals surface area contributed by atoms with Crippen LogP contribution < -0.4 is 15.4 Å². The predicted molar refractivity (Wildman–Crippen MR) is 77.3 cm³/mol. The summed E-state index contributed by atoms with van der Waals surface area (Å²) >= 11 is 0. The summed E-state index contributed by atoms with van der Waals surface area (Å²) in [5.74, 6) is 0.817. The molecule has 2 N–H and O–H groups in total. The standard InChI is InChI=1S/C15H24N2O/c1-3-5-11-17(12-9-10-12)13-7-6-8-14(15(13)16)18-4-2/h6-8,12H,3-5,9-11,16H2,1-2H3. The molecular weight excluding hydrogens is 224 g/mol. The largest absolute Gasteiger partial charge is 0.492 e. The van der Waals surface area contributed by atoms with Crippen LogP contribution in [0.4, 0.5) is 11.4 Å². The fourth-order valence-electron chi connectivity index (χ4n) is 2.28. The van der Waals surface area contributed by atoms with Gasteiger partial charge in [0.25, 0.3) is 0 Å². The smallest absolute Gasteiger partial charge is 0.144 e. The Morgan fingerprint density at radius 3 is 2.72 bits per heavy atom. The molecule has 1 aliphatic rings. The van der Waals surface area contributed by atoms with Crippen LogP contribution in [0.15, 0.2) is 18.2 Å². The highest BCUT2D eigenvalue weighted by Gasteiger charge is 2.30. The monoisotopic (exact) mass is 248 g/mol. The molecule has 1 aliphatic carbocycles. The molecule has 0 atom stereocenters. The summed E-state index contributed by atoms with van der Waals surface area (Å²) < 4.78 is 5.58. The van der Waals surface area contributed by atoms with Crippen molar-refractivity contribution >= 4 is 11.4 Å². The number of hydrogen-bond donors (Lipinski definition) is 1. The minimum atomic E-state index is 0.659. The first-order valence-corrected chi connectivity index (χ1v) is 7.05. The van der Waals surface area contributed by atoms with Gasteiger partial charge in [-0.15, -0.1) is 0 Å². The second-order valence-corrected chi connectivity index (χ2v) is 4.90. The van der Waals surface area contributed by atoms with Crippen LogP contribution in [0.2, 0.25) is 0 Å². The Morgan fingerprint density at radius 2 is 2.11 bits per heavy atom. The van der Waals surface area contributed by atoms with E-state index in [0.29, 0.717) is 12.6 Å².